The minimum Gasteiger partial charge on any atom is -0.550 e. The molecule has 5 heteroatoms. The Morgan fingerprint density at radius 1 is 1.50 bits per heavy atom. The topological polar surface area (TPSA) is 88.9 Å². The standard InChI is InChI=1S/C9H9N3O2/c10-12-11-8(9(13)14)6-7-4-2-1-3-5-7/h1-5,8H,6H2,(H,13,14)/p-1. The summed E-state index contributed by atoms with van der Waals surface area (Å²) >= 11 is 0. The Kier molecular flexibility index (Phi) is 3.52. The lowest BCUT2D eigenvalue weighted by molar-refractivity contribution is -0.307. The average Bonchev–Trinajstić information content (AvgIpc) is 2.18. The molecular formula is C9H8N3O2-. The van der Waals surface area contributed by atoms with Crippen LogP contribution in [0.5, 0.6) is 0 Å². The number of aliphatic carboxylic acids is 1. The van der Waals surface area contributed by atoms with Crippen molar-refractivity contribution in [3.05, 3.63) is 46.3 Å². The first-order chi connectivity index (χ1) is 6.74. The van der Waals surface area contributed by atoms with E-state index in [1.54, 1.807) is 24.3 Å². The van der Waals surface area contributed by atoms with Crippen molar-refractivity contribution in [2.45, 2.75) is 12.5 Å². The molecule has 0 fully saturated rings. The molecule has 14 heavy (non-hydrogen) atoms. The number of hydrogen-bond donors (Lipinski definition) is 0. The zero-order chi connectivity index (χ0) is 10.4. The fraction of sp³-hybridized carbons (Fsp3) is 0.222. The van der Waals surface area contributed by atoms with Crippen LogP contribution in [0.4, 0.5) is 0 Å². The summed E-state index contributed by atoms with van der Waals surface area (Å²) in [5, 5.41) is 13.7. The van der Waals surface area contributed by atoms with Crippen molar-refractivity contribution >= 4 is 5.97 Å². The van der Waals surface area contributed by atoms with Gasteiger partial charge in [0.2, 0.25) is 0 Å². The Balaban J connectivity index is 2.75. The van der Waals surface area contributed by atoms with Gasteiger partial charge >= 0.3 is 0 Å². The van der Waals surface area contributed by atoms with Crippen LogP contribution in [0.3, 0.4) is 0 Å². The summed E-state index contributed by atoms with van der Waals surface area (Å²) in [7, 11) is 0. The molecule has 1 aromatic carbocycles. The number of benzene rings is 1. The van der Waals surface area contributed by atoms with E-state index in [1.807, 2.05) is 6.07 Å². The van der Waals surface area contributed by atoms with Gasteiger partial charge in [0.1, 0.15) is 0 Å². The highest BCUT2D eigenvalue weighted by Crippen LogP contribution is 2.05. The van der Waals surface area contributed by atoms with Gasteiger partial charge in [0.25, 0.3) is 0 Å². The molecule has 0 saturated heterocycles. The Labute approximate surface area is 80.6 Å². The van der Waals surface area contributed by atoms with E-state index < -0.39 is 12.0 Å². The van der Waals surface area contributed by atoms with Gasteiger partial charge < -0.3 is 9.90 Å². The van der Waals surface area contributed by atoms with E-state index in [0.717, 1.165) is 5.56 Å². The molecule has 0 bridgehead atoms. The number of hydrogen-bond acceptors (Lipinski definition) is 3. The summed E-state index contributed by atoms with van der Waals surface area (Å²) in [6, 6.07) is 7.80. The predicted molar refractivity (Wildman–Crippen MR) is 48.1 cm³/mol. The molecule has 0 aliphatic rings. The Morgan fingerprint density at radius 3 is 2.64 bits per heavy atom. The molecule has 1 aromatic rings. The number of carbonyl (C=O) groups is 1. The van der Waals surface area contributed by atoms with Gasteiger partial charge in [0, 0.05) is 4.91 Å². The Bertz CT molecular complexity index is 356. The SMILES string of the molecule is [N-]=[N+]=NC(Cc1ccccc1)C(=O)[O-]. The fourth-order valence-corrected chi connectivity index (χ4v) is 1.07. The lowest BCUT2D eigenvalue weighted by Crippen LogP contribution is -2.35. The van der Waals surface area contributed by atoms with Crippen molar-refractivity contribution in [3.63, 3.8) is 0 Å². The zero-order valence-electron chi connectivity index (χ0n) is 7.33. The van der Waals surface area contributed by atoms with E-state index in [2.05, 4.69) is 10.0 Å². The van der Waals surface area contributed by atoms with E-state index in [1.165, 1.54) is 0 Å². The average molecular weight is 190 g/mol. The molecule has 0 aliphatic heterocycles. The second-order valence-electron chi connectivity index (χ2n) is 2.73. The normalized spacial score (nSPS) is 11.4. The van der Waals surface area contributed by atoms with Gasteiger partial charge in [-0.1, -0.05) is 35.4 Å². The molecular weight excluding hydrogens is 182 g/mol. The van der Waals surface area contributed by atoms with Gasteiger partial charge in [0.05, 0.1) is 12.0 Å². The highest BCUT2D eigenvalue weighted by Gasteiger charge is 2.07. The number of carboxylic acid groups (broad SMARTS) is 1. The lowest BCUT2D eigenvalue weighted by Gasteiger charge is -2.11. The molecule has 0 aliphatic carbocycles. The van der Waals surface area contributed by atoms with E-state index in [9.17, 15) is 9.90 Å². The van der Waals surface area contributed by atoms with Crippen LogP contribution >= 0.6 is 0 Å². The first-order valence-electron chi connectivity index (χ1n) is 4.03. The molecule has 5 nitrogen and oxygen atoms in total. The minimum atomic E-state index is -1.35. The van der Waals surface area contributed by atoms with Crippen molar-refractivity contribution in [1.82, 2.24) is 0 Å². The van der Waals surface area contributed by atoms with E-state index in [4.69, 9.17) is 5.53 Å². The summed E-state index contributed by atoms with van der Waals surface area (Å²) < 4.78 is 0. The van der Waals surface area contributed by atoms with Crippen LogP contribution in [-0.4, -0.2) is 12.0 Å². The number of nitrogens with zero attached hydrogens (tertiary/aromatic N) is 3. The largest absolute Gasteiger partial charge is 0.550 e. The monoisotopic (exact) mass is 190 g/mol. The second kappa shape index (κ2) is 4.89. The molecule has 1 unspecified atom stereocenters. The molecule has 72 valence electrons. The maximum atomic E-state index is 10.5. The van der Waals surface area contributed by atoms with Crippen molar-refractivity contribution in [3.8, 4) is 0 Å². The quantitative estimate of drug-likeness (QED) is 0.396. The summed E-state index contributed by atoms with van der Waals surface area (Å²) in [5.74, 6) is -1.35. The third kappa shape index (κ3) is 2.80. The summed E-state index contributed by atoms with van der Waals surface area (Å²) in [5.41, 5.74) is 8.93. The lowest BCUT2D eigenvalue weighted by atomic mass is 10.1. The maximum Gasteiger partial charge on any atom is 0.0811 e. The fourth-order valence-electron chi connectivity index (χ4n) is 1.07. The van der Waals surface area contributed by atoms with E-state index >= 15 is 0 Å². The van der Waals surface area contributed by atoms with Crippen LogP contribution in [0.1, 0.15) is 5.56 Å². The third-order valence-corrected chi connectivity index (χ3v) is 1.73. The highest BCUT2D eigenvalue weighted by molar-refractivity contribution is 5.71. The minimum absolute atomic E-state index is 0.160. The number of azide groups is 1. The van der Waals surface area contributed by atoms with E-state index in [0.29, 0.717) is 0 Å². The highest BCUT2D eigenvalue weighted by atomic mass is 16.4. The molecule has 0 heterocycles. The van der Waals surface area contributed by atoms with Gasteiger partial charge in [0.15, 0.2) is 0 Å². The molecule has 1 rings (SSSR count). The third-order valence-electron chi connectivity index (χ3n) is 1.73. The molecule has 0 radical (unpaired) electrons. The first kappa shape index (κ1) is 10.1. The van der Waals surface area contributed by atoms with Crippen molar-refractivity contribution in [2.24, 2.45) is 5.11 Å². The Hall–Kier alpha value is -2.00. The van der Waals surface area contributed by atoms with Crippen LogP contribution < -0.4 is 5.11 Å². The van der Waals surface area contributed by atoms with Crippen LogP contribution in [0.15, 0.2) is 35.4 Å². The van der Waals surface area contributed by atoms with Crippen LogP contribution in [0.25, 0.3) is 10.4 Å². The maximum absolute atomic E-state index is 10.5. The first-order valence-corrected chi connectivity index (χ1v) is 4.03. The Morgan fingerprint density at radius 2 is 2.14 bits per heavy atom. The summed E-state index contributed by atoms with van der Waals surface area (Å²) in [4.78, 5) is 13.0. The van der Waals surface area contributed by atoms with Crippen LogP contribution in [0.2, 0.25) is 0 Å². The molecule has 0 N–H and O–H groups in total. The number of rotatable bonds is 4. The van der Waals surface area contributed by atoms with Gasteiger partial charge in [-0.2, -0.15) is 0 Å². The van der Waals surface area contributed by atoms with Gasteiger partial charge in [-0.15, -0.1) is 0 Å². The van der Waals surface area contributed by atoms with Crippen molar-refractivity contribution in [2.75, 3.05) is 0 Å². The van der Waals surface area contributed by atoms with Crippen LogP contribution in [0, 0.1) is 0 Å². The molecule has 1 atom stereocenters. The molecule has 0 amide bonds. The van der Waals surface area contributed by atoms with Gasteiger partial charge in [-0.3, -0.25) is 0 Å². The van der Waals surface area contributed by atoms with E-state index in [-0.39, 0.29) is 6.42 Å². The molecule has 0 aromatic heterocycles. The van der Waals surface area contributed by atoms with Gasteiger partial charge in [-0.25, -0.2) is 0 Å². The molecule has 0 saturated carbocycles. The van der Waals surface area contributed by atoms with Crippen LogP contribution in [-0.2, 0) is 11.2 Å². The summed E-state index contributed by atoms with van der Waals surface area (Å²) in [6.07, 6.45) is 0.160. The number of carbonyl (C=O) groups excluding carboxylic acids is 1. The number of carboxylic acids is 1. The predicted octanol–water partition coefficient (Wildman–Crippen LogP) is 0.658. The zero-order valence-corrected chi connectivity index (χ0v) is 7.33. The smallest absolute Gasteiger partial charge is 0.0811 e. The van der Waals surface area contributed by atoms with Crippen molar-refractivity contribution < 1.29 is 9.90 Å². The second-order valence-corrected chi connectivity index (χ2v) is 2.73. The van der Waals surface area contributed by atoms with Crippen molar-refractivity contribution in [1.29, 1.82) is 0 Å². The summed E-state index contributed by atoms with van der Waals surface area (Å²) in [6.45, 7) is 0. The molecule has 0 spiro atoms. The van der Waals surface area contributed by atoms with Gasteiger partial charge in [-0.05, 0) is 17.5 Å².